The van der Waals surface area contributed by atoms with Crippen molar-refractivity contribution in [3.8, 4) is 28.5 Å². The fraction of sp³-hybridized carbons (Fsp3) is 0.273. The second kappa shape index (κ2) is 8.26. The Morgan fingerprint density at radius 1 is 0.966 bits per heavy atom. The number of hydrogen-bond acceptors (Lipinski definition) is 5. The molecule has 0 aliphatic rings. The molecular weight excluding hydrogens is 372 g/mol. The second-order valence-corrected chi connectivity index (χ2v) is 6.65. The highest BCUT2D eigenvalue weighted by Gasteiger charge is 2.18. The van der Waals surface area contributed by atoms with Crippen LogP contribution in [0, 0.1) is 0 Å². The number of aromatic hydroxyl groups is 1. The third kappa shape index (κ3) is 3.76. The lowest BCUT2D eigenvalue weighted by Crippen LogP contribution is -2.42. The van der Waals surface area contributed by atoms with Crippen LogP contribution in [0.3, 0.4) is 0 Å². The van der Waals surface area contributed by atoms with E-state index in [1.165, 1.54) is 28.4 Å². The topological polar surface area (TPSA) is 82.7 Å². The predicted molar refractivity (Wildman–Crippen MR) is 111 cm³/mol. The molecule has 1 aromatic heterocycles. The number of hydrogen-bond donors (Lipinski definition) is 1. The van der Waals surface area contributed by atoms with Gasteiger partial charge in [-0.3, -0.25) is 13.9 Å². The second-order valence-electron chi connectivity index (χ2n) is 6.65. The molecule has 1 heterocycles. The Balaban J connectivity index is 2.15. The molecule has 0 aliphatic heterocycles. The quantitative estimate of drug-likeness (QED) is 0.692. The van der Waals surface area contributed by atoms with Crippen molar-refractivity contribution in [1.29, 1.82) is 0 Å². The number of ether oxygens (including phenoxy) is 2. The number of methoxy groups -OCH3 is 2. The molecule has 0 fully saturated rings. The molecule has 0 aliphatic carbocycles. The van der Waals surface area contributed by atoms with E-state index in [1.54, 1.807) is 44.5 Å². The molecule has 0 bridgehead atoms. The van der Waals surface area contributed by atoms with Crippen molar-refractivity contribution in [3.63, 3.8) is 0 Å². The summed E-state index contributed by atoms with van der Waals surface area (Å²) in [5.74, 6) is 1.23. The lowest BCUT2D eigenvalue weighted by molar-refractivity contribution is 0.354. The van der Waals surface area contributed by atoms with Crippen molar-refractivity contribution in [2.45, 2.75) is 19.9 Å². The monoisotopic (exact) mass is 396 g/mol. The minimum atomic E-state index is -0.412. The first-order valence-corrected chi connectivity index (χ1v) is 9.24. The van der Waals surface area contributed by atoms with Gasteiger partial charge in [0.1, 0.15) is 5.75 Å². The summed E-state index contributed by atoms with van der Waals surface area (Å²) >= 11 is 0. The Kier molecular flexibility index (Phi) is 5.77. The summed E-state index contributed by atoms with van der Waals surface area (Å²) in [4.78, 5) is 26.2. The first-order chi connectivity index (χ1) is 13.9. The molecule has 2 aromatic carbocycles. The number of nitrogens with zero attached hydrogens (tertiary/aromatic N) is 2. The van der Waals surface area contributed by atoms with Gasteiger partial charge in [0.2, 0.25) is 0 Å². The van der Waals surface area contributed by atoms with Crippen LogP contribution in [0.1, 0.15) is 18.1 Å². The zero-order chi connectivity index (χ0) is 21.1. The summed E-state index contributed by atoms with van der Waals surface area (Å²) in [6.07, 6.45) is 0.467. The maximum Gasteiger partial charge on any atom is 0.331 e. The fourth-order valence-corrected chi connectivity index (χ4v) is 3.44. The van der Waals surface area contributed by atoms with Crippen LogP contribution in [0.15, 0.2) is 52.1 Å². The van der Waals surface area contributed by atoms with Crippen LogP contribution in [0.5, 0.6) is 17.2 Å². The third-order valence-corrected chi connectivity index (χ3v) is 4.93. The molecule has 0 radical (unpaired) electrons. The highest BCUT2D eigenvalue weighted by atomic mass is 16.5. The van der Waals surface area contributed by atoms with Crippen LogP contribution in [-0.4, -0.2) is 28.5 Å². The number of phenolic OH excluding ortho intramolecular Hbond substituents is 1. The maximum absolute atomic E-state index is 13.2. The van der Waals surface area contributed by atoms with Crippen molar-refractivity contribution in [2.75, 3.05) is 14.2 Å². The van der Waals surface area contributed by atoms with E-state index in [-0.39, 0.29) is 17.9 Å². The van der Waals surface area contributed by atoms with E-state index < -0.39 is 5.69 Å². The normalized spacial score (nSPS) is 10.8. The molecular formula is C22H24N2O5. The van der Waals surface area contributed by atoms with Gasteiger partial charge in [0, 0.05) is 12.6 Å². The van der Waals surface area contributed by atoms with Crippen molar-refractivity contribution in [1.82, 2.24) is 9.13 Å². The largest absolute Gasteiger partial charge is 0.508 e. The summed E-state index contributed by atoms with van der Waals surface area (Å²) in [5, 5.41) is 9.54. The molecule has 152 valence electrons. The van der Waals surface area contributed by atoms with Gasteiger partial charge in [0.25, 0.3) is 5.56 Å². The summed E-state index contributed by atoms with van der Waals surface area (Å²) < 4.78 is 13.3. The van der Waals surface area contributed by atoms with Crippen molar-refractivity contribution < 1.29 is 14.6 Å². The van der Waals surface area contributed by atoms with E-state index in [2.05, 4.69) is 0 Å². The molecule has 0 unspecified atom stereocenters. The zero-order valence-electron chi connectivity index (χ0n) is 16.9. The molecule has 0 amide bonds. The van der Waals surface area contributed by atoms with Gasteiger partial charge >= 0.3 is 5.69 Å². The average Bonchev–Trinajstić information content (AvgIpc) is 2.74. The first kappa shape index (κ1) is 20.3. The van der Waals surface area contributed by atoms with Gasteiger partial charge in [-0.2, -0.15) is 0 Å². The first-order valence-electron chi connectivity index (χ1n) is 9.24. The Morgan fingerprint density at radius 3 is 2.21 bits per heavy atom. The Labute approximate surface area is 168 Å². The highest BCUT2D eigenvalue weighted by Crippen LogP contribution is 2.28. The molecule has 29 heavy (non-hydrogen) atoms. The van der Waals surface area contributed by atoms with Crippen LogP contribution < -0.4 is 20.7 Å². The van der Waals surface area contributed by atoms with Crippen molar-refractivity contribution in [2.24, 2.45) is 7.05 Å². The van der Waals surface area contributed by atoms with Gasteiger partial charge in [0.05, 0.1) is 26.5 Å². The van der Waals surface area contributed by atoms with Gasteiger partial charge in [-0.05, 0) is 53.9 Å². The fourth-order valence-electron chi connectivity index (χ4n) is 3.44. The van der Waals surface area contributed by atoms with Gasteiger partial charge in [-0.25, -0.2) is 4.79 Å². The molecule has 0 atom stereocenters. The van der Waals surface area contributed by atoms with Gasteiger partial charge in [-0.15, -0.1) is 0 Å². The molecule has 1 N–H and O–H groups in total. The Morgan fingerprint density at radius 2 is 1.62 bits per heavy atom. The lowest BCUT2D eigenvalue weighted by Gasteiger charge is -2.17. The average molecular weight is 396 g/mol. The van der Waals surface area contributed by atoms with E-state index >= 15 is 0 Å². The van der Waals surface area contributed by atoms with Crippen molar-refractivity contribution >= 4 is 0 Å². The standard InChI is InChI=1S/C22H24N2O5/c1-5-17-20(15-7-9-16(25)10-8-15)23(2)22(27)24(21(17)26)13-14-6-11-18(28-3)19(12-14)29-4/h6-12,25H,5,13H2,1-4H3. The molecule has 0 spiro atoms. The summed E-state index contributed by atoms with van der Waals surface area (Å²) in [6.45, 7) is 2.00. The predicted octanol–water partition coefficient (Wildman–Crippen LogP) is 2.55. The van der Waals surface area contributed by atoms with E-state index in [1.807, 2.05) is 6.92 Å². The molecule has 7 heteroatoms. The van der Waals surface area contributed by atoms with E-state index in [9.17, 15) is 14.7 Å². The van der Waals surface area contributed by atoms with E-state index in [4.69, 9.17) is 9.47 Å². The Bertz CT molecular complexity index is 1140. The van der Waals surface area contributed by atoms with E-state index in [0.29, 0.717) is 34.7 Å². The zero-order valence-corrected chi connectivity index (χ0v) is 16.9. The molecule has 0 saturated carbocycles. The summed E-state index contributed by atoms with van der Waals surface area (Å²) in [6, 6.07) is 11.8. The summed E-state index contributed by atoms with van der Waals surface area (Å²) in [5.41, 5.74) is 1.82. The minimum absolute atomic E-state index is 0.120. The van der Waals surface area contributed by atoms with Crippen LogP contribution in [0.2, 0.25) is 0 Å². The molecule has 3 aromatic rings. The number of phenols is 1. The Hall–Kier alpha value is -3.48. The SMILES string of the molecule is CCc1c(-c2ccc(O)cc2)n(C)c(=O)n(Cc2ccc(OC)c(OC)c2)c1=O. The smallest absolute Gasteiger partial charge is 0.331 e. The highest BCUT2D eigenvalue weighted by molar-refractivity contribution is 5.64. The van der Waals surface area contributed by atoms with Gasteiger partial charge < -0.3 is 14.6 Å². The van der Waals surface area contributed by atoms with Gasteiger partial charge in [-0.1, -0.05) is 13.0 Å². The van der Waals surface area contributed by atoms with Crippen LogP contribution in [0.25, 0.3) is 11.3 Å². The summed E-state index contributed by atoms with van der Waals surface area (Å²) in [7, 11) is 4.73. The van der Waals surface area contributed by atoms with Crippen molar-refractivity contribution in [3.05, 3.63) is 74.4 Å². The van der Waals surface area contributed by atoms with Crippen LogP contribution in [-0.2, 0) is 20.0 Å². The molecule has 3 rings (SSSR count). The van der Waals surface area contributed by atoms with Gasteiger partial charge in [0.15, 0.2) is 11.5 Å². The minimum Gasteiger partial charge on any atom is -0.508 e. The number of aromatic nitrogens is 2. The molecule has 0 saturated heterocycles. The van der Waals surface area contributed by atoms with E-state index in [0.717, 1.165) is 5.56 Å². The van der Waals surface area contributed by atoms with Crippen LogP contribution in [0.4, 0.5) is 0 Å². The number of benzene rings is 2. The number of rotatable bonds is 6. The lowest BCUT2D eigenvalue weighted by atomic mass is 10.0. The molecule has 7 nitrogen and oxygen atoms in total. The third-order valence-electron chi connectivity index (χ3n) is 4.93. The maximum atomic E-state index is 13.2. The van der Waals surface area contributed by atoms with Crippen LogP contribution >= 0.6 is 0 Å².